The molecular weight excluding hydrogens is 290 g/mol. The minimum Gasteiger partial charge on any atom is -0.508 e. The van der Waals surface area contributed by atoms with Gasteiger partial charge in [-0.2, -0.15) is 0 Å². The zero-order valence-electron chi connectivity index (χ0n) is 13.3. The number of phenols is 1. The third-order valence-electron chi connectivity index (χ3n) is 3.78. The van der Waals surface area contributed by atoms with E-state index in [1.807, 2.05) is 49.4 Å². The molecule has 0 fully saturated rings. The second-order valence-electron chi connectivity index (χ2n) is 5.76. The predicted octanol–water partition coefficient (Wildman–Crippen LogP) is 2.95. The quantitative estimate of drug-likeness (QED) is 0.736. The van der Waals surface area contributed by atoms with E-state index < -0.39 is 6.10 Å². The van der Waals surface area contributed by atoms with Crippen molar-refractivity contribution in [2.75, 3.05) is 0 Å². The molecule has 0 aliphatic carbocycles. The van der Waals surface area contributed by atoms with Crippen LogP contribution in [-0.2, 0) is 11.2 Å². The number of aliphatic hydroxyl groups excluding tert-OH is 1. The molecule has 2 rings (SSSR count). The predicted molar refractivity (Wildman–Crippen MR) is 90.1 cm³/mol. The Hall–Kier alpha value is -2.33. The summed E-state index contributed by atoms with van der Waals surface area (Å²) in [5.74, 6) is 0.133. The van der Waals surface area contributed by atoms with Gasteiger partial charge in [0.15, 0.2) is 0 Å². The molecular formula is C19H23NO3. The number of aliphatic hydroxyl groups is 1. The SMILES string of the molecule is CC(CC(O)c1ccccc1)NC(=O)CCc1ccccc1O. The Kier molecular flexibility index (Phi) is 6.18. The number of carbonyl (C=O) groups is 1. The van der Waals surface area contributed by atoms with Gasteiger partial charge in [0, 0.05) is 12.5 Å². The van der Waals surface area contributed by atoms with E-state index >= 15 is 0 Å². The van der Waals surface area contributed by atoms with Gasteiger partial charge in [-0.15, -0.1) is 0 Å². The highest BCUT2D eigenvalue weighted by molar-refractivity contribution is 5.76. The number of hydrogen-bond acceptors (Lipinski definition) is 3. The lowest BCUT2D eigenvalue weighted by Gasteiger charge is -2.18. The summed E-state index contributed by atoms with van der Waals surface area (Å²) in [5.41, 5.74) is 1.61. The molecule has 1 amide bonds. The summed E-state index contributed by atoms with van der Waals surface area (Å²) in [6.07, 6.45) is 0.673. The zero-order chi connectivity index (χ0) is 16.7. The van der Waals surface area contributed by atoms with Gasteiger partial charge in [-0.05, 0) is 37.0 Å². The zero-order valence-corrected chi connectivity index (χ0v) is 13.3. The first kappa shape index (κ1) is 17.0. The highest BCUT2D eigenvalue weighted by Gasteiger charge is 2.14. The van der Waals surface area contributed by atoms with Gasteiger partial charge in [-0.3, -0.25) is 4.79 Å². The summed E-state index contributed by atoms with van der Waals surface area (Å²) in [5, 5.41) is 22.7. The smallest absolute Gasteiger partial charge is 0.220 e. The lowest BCUT2D eigenvalue weighted by atomic mass is 10.0. The number of para-hydroxylation sites is 1. The highest BCUT2D eigenvalue weighted by Crippen LogP contribution is 2.19. The maximum Gasteiger partial charge on any atom is 0.220 e. The fourth-order valence-electron chi connectivity index (χ4n) is 2.52. The molecule has 23 heavy (non-hydrogen) atoms. The average molecular weight is 313 g/mol. The van der Waals surface area contributed by atoms with Crippen molar-refractivity contribution in [1.82, 2.24) is 5.32 Å². The van der Waals surface area contributed by atoms with Crippen LogP contribution in [0.5, 0.6) is 5.75 Å². The van der Waals surface area contributed by atoms with Crippen LogP contribution in [0, 0.1) is 0 Å². The standard InChI is InChI=1S/C19H23NO3/c1-14(13-18(22)15-7-3-2-4-8-15)20-19(23)12-11-16-9-5-6-10-17(16)21/h2-10,14,18,21-22H,11-13H2,1H3,(H,20,23). The van der Waals surface area contributed by atoms with Gasteiger partial charge in [0.1, 0.15) is 5.75 Å². The molecule has 0 heterocycles. The van der Waals surface area contributed by atoms with Gasteiger partial charge in [-0.1, -0.05) is 48.5 Å². The van der Waals surface area contributed by atoms with Crippen LogP contribution in [0.2, 0.25) is 0 Å². The van der Waals surface area contributed by atoms with E-state index in [0.29, 0.717) is 19.3 Å². The monoisotopic (exact) mass is 313 g/mol. The molecule has 2 atom stereocenters. The van der Waals surface area contributed by atoms with Crippen LogP contribution in [0.3, 0.4) is 0 Å². The van der Waals surface area contributed by atoms with Crippen molar-refractivity contribution in [3.8, 4) is 5.75 Å². The third-order valence-corrected chi connectivity index (χ3v) is 3.78. The Morgan fingerprint density at radius 1 is 1.09 bits per heavy atom. The van der Waals surface area contributed by atoms with Gasteiger partial charge in [0.05, 0.1) is 6.10 Å². The summed E-state index contributed by atoms with van der Waals surface area (Å²) in [7, 11) is 0. The van der Waals surface area contributed by atoms with E-state index in [-0.39, 0.29) is 17.7 Å². The van der Waals surface area contributed by atoms with Crippen molar-refractivity contribution in [2.45, 2.75) is 38.3 Å². The molecule has 0 saturated carbocycles. The molecule has 0 aromatic heterocycles. The number of benzene rings is 2. The van der Waals surface area contributed by atoms with E-state index in [1.54, 1.807) is 12.1 Å². The Labute approximate surface area is 136 Å². The fraction of sp³-hybridized carbons (Fsp3) is 0.316. The first-order chi connectivity index (χ1) is 11.1. The number of carbonyl (C=O) groups excluding carboxylic acids is 1. The van der Waals surface area contributed by atoms with Crippen LogP contribution in [0.4, 0.5) is 0 Å². The summed E-state index contributed by atoms with van der Waals surface area (Å²) in [4.78, 5) is 12.0. The number of rotatable bonds is 7. The second kappa shape index (κ2) is 8.34. The number of phenolic OH excluding ortho intramolecular Hbond substituents is 1. The van der Waals surface area contributed by atoms with E-state index in [0.717, 1.165) is 11.1 Å². The van der Waals surface area contributed by atoms with Crippen LogP contribution in [0.1, 0.15) is 37.0 Å². The van der Waals surface area contributed by atoms with Gasteiger partial charge >= 0.3 is 0 Å². The molecule has 2 unspecified atom stereocenters. The van der Waals surface area contributed by atoms with E-state index in [9.17, 15) is 15.0 Å². The molecule has 122 valence electrons. The highest BCUT2D eigenvalue weighted by atomic mass is 16.3. The first-order valence-electron chi connectivity index (χ1n) is 7.85. The molecule has 0 bridgehead atoms. The molecule has 2 aromatic rings. The van der Waals surface area contributed by atoms with Gasteiger partial charge in [0.2, 0.25) is 5.91 Å². The maximum absolute atomic E-state index is 12.0. The van der Waals surface area contributed by atoms with Crippen LogP contribution < -0.4 is 5.32 Å². The Morgan fingerprint density at radius 2 is 1.74 bits per heavy atom. The minimum absolute atomic E-state index is 0.0824. The molecule has 0 aliphatic rings. The number of amides is 1. The van der Waals surface area contributed by atoms with Crippen molar-refractivity contribution in [3.63, 3.8) is 0 Å². The molecule has 0 radical (unpaired) electrons. The summed E-state index contributed by atoms with van der Waals surface area (Å²) < 4.78 is 0. The summed E-state index contributed by atoms with van der Waals surface area (Å²) in [6.45, 7) is 1.88. The molecule has 2 aromatic carbocycles. The van der Waals surface area contributed by atoms with E-state index in [2.05, 4.69) is 5.32 Å². The van der Waals surface area contributed by atoms with E-state index in [1.165, 1.54) is 0 Å². The molecule has 0 aliphatic heterocycles. The molecule has 0 spiro atoms. The topological polar surface area (TPSA) is 69.6 Å². The lowest BCUT2D eigenvalue weighted by molar-refractivity contribution is -0.121. The summed E-state index contributed by atoms with van der Waals surface area (Å²) >= 11 is 0. The average Bonchev–Trinajstić information content (AvgIpc) is 2.54. The Bertz CT molecular complexity index is 628. The van der Waals surface area contributed by atoms with Crippen molar-refractivity contribution in [3.05, 3.63) is 65.7 Å². The van der Waals surface area contributed by atoms with Crippen molar-refractivity contribution >= 4 is 5.91 Å². The molecule has 0 saturated heterocycles. The van der Waals surface area contributed by atoms with Crippen molar-refractivity contribution in [2.24, 2.45) is 0 Å². The summed E-state index contributed by atoms with van der Waals surface area (Å²) in [6, 6.07) is 16.3. The second-order valence-corrected chi connectivity index (χ2v) is 5.76. The van der Waals surface area contributed by atoms with Gasteiger partial charge in [0.25, 0.3) is 0 Å². The molecule has 4 nitrogen and oxygen atoms in total. The van der Waals surface area contributed by atoms with Crippen molar-refractivity contribution < 1.29 is 15.0 Å². The largest absolute Gasteiger partial charge is 0.508 e. The number of aryl methyl sites for hydroxylation is 1. The fourth-order valence-corrected chi connectivity index (χ4v) is 2.52. The normalized spacial score (nSPS) is 13.3. The third kappa shape index (κ3) is 5.42. The Morgan fingerprint density at radius 3 is 2.43 bits per heavy atom. The van der Waals surface area contributed by atoms with Crippen LogP contribution in [-0.4, -0.2) is 22.2 Å². The number of nitrogens with one attached hydrogen (secondary N) is 1. The van der Waals surface area contributed by atoms with Gasteiger partial charge < -0.3 is 15.5 Å². The maximum atomic E-state index is 12.0. The van der Waals surface area contributed by atoms with E-state index in [4.69, 9.17) is 0 Å². The Balaban J connectivity index is 1.77. The van der Waals surface area contributed by atoms with Crippen LogP contribution in [0.15, 0.2) is 54.6 Å². The minimum atomic E-state index is -0.593. The molecule has 4 heteroatoms. The van der Waals surface area contributed by atoms with Crippen molar-refractivity contribution in [1.29, 1.82) is 0 Å². The first-order valence-corrected chi connectivity index (χ1v) is 7.85. The van der Waals surface area contributed by atoms with Gasteiger partial charge in [-0.25, -0.2) is 0 Å². The number of hydrogen-bond donors (Lipinski definition) is 3. The lowest BCUT2D eigenvalue weighted by Crippen LogP contribution is -2.33. The number of aromatic hydroxyl groups is 1. The van der Waals surface area contributed by atoms with Crippen LogP contribution >= 0.6 is 0 Å². The molecule has 3 N–H and O–H groups in total. The van der Waals surface area contributed by atoms with Crippen LogP contribution in [0.25, 0.3) is 0 Å².